The lowest BCUT2D eigenvalue weighted by molar-refractivity contribution is -0.148. The fourth-order valence-electron chi connectivity index (χ4n) is 1.79. The minimum Gasteiger partial charge on any atom is -0.394 e. The molecule has 0 radical (unpaired) electrons. The number of aliphatic hydroxyl groups is 5. The lowest BCUT2D eigenvalue weighted by Crippen LogP contribution is -2.52. The molecule has 0 aromatic carbocycles. The molecular weight excluding hydrogens is 308 g/mol. The Morgan fingerprint density at radius 1 is 0.957 bits per heavy atom. The van der Waals surface area contributed by atoms with Gasteiger partial charge in [0.2, 0.25) is 5.91 Å². The zero-order valence-corrected chi connectivity index (χ0v) is 13.3. The third-order valence-electron chi connectivity index (χ3n) is 3.28. The molecule has 136 valence electrons. The van der Waals surface area contributed by atoms with Gasteiger partial charge >= 0.3 is 0 Å². The Labute approximate surface area is 135 Å². The number of unbranched alkanes of at least 4 members (excludes halogenated alkanes) is 2. The summed E-state index contributed by atoms with van der Waals surface area (Å²) in [4.78, 5) is 23.0. The second-order valence-corrected chi connectivity index (χ2v) is 5.27. The minimum absolute atomic E-state index is 0.0424. The monoisotopic (exact) mass is 336 g/mol. The molecule has 0 fully saturated rings. The maximum absolute atomic E-state index is 11.6. The van der Waals surface area contributed by atoms with E-state index in [1.807, 2.05) is 6.92 Å². The average molecular weight is 336 g/mol. The summed E-state index contributed by atoms with van der Waals surface area (Å²) in [7, 11) is 0. The van der Waals surface area contributed by atoms with Crippen LogP contribution in [0.3, 0.4) is 0 Å². The fourth-order valence-corrected chi connectivity index (χ4v) is 1.79. The minimum atomic E-state index is -1.97. The summed E-state index contributed by atoms with van der Waals surface area (Å²) in [5.74, 6) is -1.09. The first kappa shape index (κ1) is 21.7. The van der Waals surface area contributed by atoms with E-state index in [0.717, 1.165) is 19.3 Å². The van der Waals surface area contributed by atoms with Gasteiger partial charge in [-0.15, -0.1) is 0 Å². The second-order valence-electron chi connectivity index (χ2n) is 5.27. The molecule has 0 aliphatic rings. The molecule has 0 saturated carbocycles. The highest BCUT2D eigenvalue weighted by Crippen LogP contribution is 2.05. The van der Waals surface area contributed by atoms with Crippen molar-refractivity contribution < 1.29 is 35.1 Å². The van der Waals surface area contributed by atoms with Gasteiger partial charge < -0.3 is 36.2 Å². The third kappa shape index (κ3) is 8.82. The normalized spacial score (nSPS) is 16.3. The van der Waals surface area contributed by atoms with Crippen molar-refractivity contribution in [2.75, 3.05) is 19.7 Å². The molecule has 0 spiro atoms. The smallest absolute Gasteiger partial charge is 0.251 e. The van der Waals surface area contributed by atoms with Crippen LogP contribution in [0.15, 0.2) is 0 Å². The van der Waals surface area contributed by atoms with Gasteiger partial charge in [0.05, 0.1) is 6.61 Å². The largest absolute Gasteiger partial charge is 0.394 e. The van der Waals surface area contributed by atoms with Crippen LogP contribution in [0.1, 0.15) is 32.6 Å². The first-order valence-corrected chi connectivity index (χ1v) is 7.72. The fraction of sp³-hybridized carbons (Fsp3) is 0.857. The van der Waals surface area contributed by atoms with Gasteiger partial charge in [-0.1, -0.05) is 19.8 Å². The van der Waals surface area contributed by atoms with Crippen LogP contribution in [0.25, 0.3) is 0 Å². The van der Waals surface area contributed by atoms with Gasteiger partial charge in [0.15, 0.2) is 6.10 Å². The van der Waals surface area contributed by atoms with Crippen molar-refractivity contribution in [3.63, 3.8) is 0 Å². The molecule has 4 atom stereocenters. The summed E-state index contributed by atoms with van der Waals surface area (Å²) in [5.41, 5.74) is 0. The standard InChI is InChI=1S/C14H28N2O7/c1-2-3-4-5-10(19)15-6-7-16-14(23)13(22)12(21)11(20)9(18)8-17/h9,11-13,17-18,20-22H,2-8H2,1H3,(H,15,19)(H,16,23)/t9-,11-,12+,13-/m1/s1. The third-order valence-corrected chi connectivity index (χ3v) is 3.28. The molecule has 9 heteroatoms. The summed E-state index contributed by atoms with van der Waals surface area (Å²) in [6.45, 7) is 1.42. The van der Waals surface area contributed by atoms with Crippen LogP contribution in [0.2, 0.25) is 0 Å². The number of carbonyl (C=O) groups excluding carboxylic acids is 2. The Hall–Kier alpha value is -1.26. The number of hydrogen-bond donors (Lipinski definition) is 7. The summed E-state index contributed by atoms with van der Waals surface area (Å²) >= 11 is 0. The summed E-state index contributed by atoms with van der Waals surface area (Å²) < 4.78 is 0. The van der Waals surface area contributed by atoms with E-state index in [4.69, 9.17) is 10.2 Å². The predicted molar refractivity (Wildman–Crippen MR) is 81.3 cm³/mol. The highest BCUT2D eigenvalue weighted by atomic mass is 16.4. The zero-order chi connectivity index (χ0) is 17.8. The van der Waals surface area contributed by atoms with Gasteiger partial charge in [-0.25, -0.2) is 0 Å². The van der Waals surface area contributed by atoms with Crippen molar-refractivity contribution in [2.45, 2.75) is 57.0 Å². The van der Waals surface area contributed by atoms with E-state index in [9.17, 15) is 24.9 Å². The zero-order valence-electron chi connectivity index (χ0n) is 13.3. The quantitative estimate of drug-likeness (QED) is 0.190. The van der Waals surface area contributed by atoms with E-state index in [2.05, 4.69) is 10.6 Å². The Morgan fingerprint density at radius 2 is 1.57 bits per heavy atom. The lowest BCUT2D eigenvalue weighted by atomic mass is 10.0. The van der Waals surface area contributed by atoms with Crippen LogP contribution in [0.5, 0.6) is 0 Å². The highest BCUT2D eigenvalue weighted by Gasteiger charge is 2.33. The Morgan fingerprint density at radius 3 is 2.13 bits per heavy atom. The van der Waals surface area contributed by atoms with Gasteiger partial charge in [0, 0.05) is 19.5 Å². The van der Waals surface area contributed by atoms with E-state index < -0.39 is 36.9 Å². The van der Waals surface area contributed by atoms with Crippen LogP contribution in [-0.4, -0.2) is 81.5 Å². The molecule has 0 bridgehead atoms. The second kappa shape index (κ2) is 12.2. The molecule has 7 N–H and O–H groups in total. The Kier molecular flexibility index (Phi) is 11.5. The molecule has 0 aliphatic heterocycles. The van der Waals surface area contributed by atoms with E-state index >= 15 is 0 Å². The summed E-state index contributed by atoms with van der Waals surface area (Å²) in [5, 5.41) is 51.1. The van der Waals surface area contributed by atoms with Crippen molar-refractivity contribution in [1.29, 1.82) is 0 Å². The van der Waals surface area contributed by atoms with Crippen LogP contribution < -0.4 is 10.6 Å². The molecule has 0 saturated heterocycles. The Balaban J connectivity index is 3.98. The van der Waals surface area contributed by atoms with E-state index in [0.29, 0.717) is 6.42 Å². The van der Waals surface area contributed by atoms with Gasteiger partial charge in [-0.3, -0.25) is 9.59 Å². The number of aliphatic hydroxyl groups excluding tert-OH is 5. The van der Waals surface area contributed by atoms with Gasteiger partial charge in [-0.05, 0) is 6.42 Å². The first-order valence-electron chi connectivity index (χ1n) is 7.72. The van der Waals surface area contributed by atoms with Crippen LogP contribution in [0, 0.1) is 0 Å². The van der Waals surface area contributed by atoms with Gasteiger partial charge in [-0.2, -0.15) is 0 Å². The molecule has 2 amide bonds. The maximum Gasteiger partial charge on any atom is 0.251 e. The lowest BCUT2D eigenvalue weighted by Gasteiger charge is -2.24. The van der Waals surface area contributed by atoms with Crippen LogP contribution in [-0.2, 0) is 9.59 Å². The van der Waals surface area contributed by atoms with Gasteiger partial charge in [0.1, 0.15) is 18.3 Å². The molecule has 23 heavy (non-hydrogen) atoms. The molecular formula is C14H28N2O7. The molecule has 0 heterocycles. The van der Waals surface area contributed by atoms with Crippen molar-refractivity contribution in [3.05, 3.63) is 0 Å². The molecule has 9 nitrogen and oxygen atoms in total. The molecule has 0 aromatic heterocycles. The van der Waals surface area contributed by atoms with Crippen molar-refractivity contribution in [3.8, 4) is 0 Å². The predicted octanol–water partition coefficient (Wildman–Crippen LogP) is -2.76. The van der Waals surface area contributed by atoms with E-state index in [1.54, 1.807) is 0 Å². The van der Waals surface area contributed by atoms with E-state index in [1.165, 1.54) is 0 Å². The molecule has 0 rings (SSSR count). The first-order chi connectivity index (χ1) is 10.8. The SMILES string of the molecule is CCCCCC(=O)NCCNC(=O)[C@H](O)[C@@H](O)[C@H](O)[C@H](O)CO. The molecule has 0 unspecified atom stereocenters. The summed E-state index contributed by atoms with van der Waals surface area (Å²) in [6.07, 6.45) is -4.25. The van der Waals surface area contributed by atoms with Crippen molar-refractivity contribution in [2.24, 2.45) is 0 Å². The topological polar surface area (TPSA) is 159 Å². The van der Waals surface area contributed by atoms with Crippen LogP contribution in [0.4, 0.5) is 0 Å². The number of amides is 2. The maximum atomic E-state index is 11.6. The number of nitrogens with one attached hydrogen (secondary N) is 2. The molecule has 0 aromatic rings. The number of hydrogen-bond acceptors (Lipinski definition) is 7. The average Bonchev–Trinajstić information content (AvgIpc) is 2.55. The Bertz CT molecular complexity index is 354. The summed E-state index contributed by atoms with van der Waals surface area (Å²) in [6, 6.07) is 0. The van der Waals surface area contributed by atoms with E-state index in [-0.39, 0.29) is 19.0 Å². The van der Waals surface area contributed by atoms with Crippen LogP contribution >= 0.6 is 0 Å². The van der Waals surface area contributed by atoms with Gasteiger partial charge in [0.25, 0.3) is 5.91 Å². The van der Waals surface area contributed by atoms with Crippen molar-refractivity contribution >= 4 is 11.8 Å². The number of rotatable bonds is 12. The molecule has 0 aliphatic carbocycles. The highest BCUT2D eigenvalue weighted by molar-refractivity contribution is 5.81. The number of carbonyl (C=O) groups is 2. The van der Waals surface area contributed by atoms with Crippen molar-refractivity contribution in [1.82, 2.24) is 10.6 Å².